The van der Waals surface area contributed by atoms with Gasteiger partial charge in [0, 0.05) is 25.0 Å². The molecule has 0 amide bonds. The van der Waals surface area contributed by atoms with Crippen LogP contribution < -0.4 is 10.6 Å². The maximum atomic E-state index is 11.6. The first kappa shape index (κ1) is 10.2. The maximum Gasteiger partial charge on any atom is 0.196 e. The van der Waals surface area contributed by atoms with E-state index in [2.05, 4.69) is 20.6 Å². The number of Topliss-reactive ketones (excluding diaryl/α,β-unsaturated/α-hetero) is 1. The molecule has 1 aliphatic heterocycles. The predicted octanol–water partition coefficient (Wildman–Crippen LogP) is -0.389. The van der Waals surface area contributed by atoms with Gasteiger partial charge in [0.25, 0.3) is 0 Å². The standard InChI is InChI=1S/C10H14N4O/c15-10(9-6-12-3-4-13-9)7-14-8-1-2-11-5-8/h3-4,6,8,11,14H,1-2,5,7H2/t8-/m0/s1. The van der Waals surface area contributed by atoms with Crippen molar-refractivity contribution in [3.05, 3.63) is 24.3 Å². The summed E-state index contributed by atoms with van der Waals surface area (Å²) in [6, 6.07) is 0.408. The molecule has 2 heterocycles. The molecule has 0 aromatic carbocycles. The van der Waals surface area contributed by atoms with Crippen molar-refractivity contribution in [2.24, 2.45) is 0 Å². The van der Waals surface area contributed by atoms with Gasteiger partial charge in [0.2, 0.25) is 0 Å². The molecule has 0 radical (unpaired) electrons. The molecule has 0 unspecified atom stereocenters. The quantitative estimate of drug-likeness (QED) is 0.657. The fourth-order valence-electron chi connectivity index (χ4n) is 1.60. The van der Waals surface area contributed by atoms with Crippen LogP contribution in [0.4, 0.5) is 0 Å². The van der Waals surface area contributed by atoms with Gasteiger partial charge in [-0.3, -0.25) is 9.78 Å². The fourth-order valence-corrected chi connectivity index (χ4v) is 1.60. The largest absolute Gasteiger partial charge is 0.315 e. The zero-order chi connectivity index (χ0) is 10.5. The smallest absolute Gasteiger partial charge is 0.196 e. The first-order chi connectivity index (χ1) is 7.36. The molecule has 1 aromatic rings. The van der Waals surface area contributed by atoms with Gasteiger partial charge in [0.1, 0.15) is 5.69 Å². The molecular formula is C10H14N4O. The average Bonchev–Trinajstić information content (AvgIpc) is 2.80. The summed E-state index contributed by atoms with van der Waals surface area (Å²) in [6.45, 7) is 2.30. The molecule has 2 rings (SSSR count). The molecule has 5 heteroatoms. The Balaban J connectivity index is 1.82. The highest BCUT2D eigenvalue weighted by Gasteiger charge is 2.15. The first-order valence-electron chi connectivity index (χ1n) is 5.09. The normalized spacial score (nSPS) is 20.4. The lowest BCUT2D eigenvalue weighted by atomic mass is 10.2. The summed E-state index contributed by atoms with van der Waals surface area (Å²) < 4.78 is 0. The van der Waals surface area contributed by atoms with E-state index in [0.29, 0.717) is 18.3 Å². The van der Waals surface area contributed by atoms with E-state index in [1.807, 2.05) is 0 Å². The fraction of sp³-hybridized carbons (Fsp3) is 0.500. The van der Waals surface area contributed by atoms with E-state index in [-0.39, 0.29) is 5.78 Å². The SMILES string of the molecule is O=C(CN[C@H]1CCNC1)c1cnccn1. The third-order valence-electron chi connectivity index (χ3n) is 2.46. The third kappa shape index (κ3) is 2.81. The average molecular weight is 206 g/mol. The molecule has 80 valence electrons. The Bertz CT molecular complexity index is 321. The van der Waals surface area contributed by atoms with E-state index >= 15 is 0 Å². The second-order valence-electron chi connectivity index (χ2n) is 3.58. The minimum absolute atomic E-state index is 0.00463. The number of aromatic nitrogens is 2. The molecule has 1 aliphatic rings. The minimum atomic E-state index is -0.00463. The number of nitrogens with one attached hydrogen (secondary N) is 2. The summed E-state index contributed by atoms with van der Waals surface area (Å²) in [5, 5.41) is 6.43. The lowest BCUT2D eigenvalue weighted by Crippen LogP contribution is -2.35. The lowest BCUT2D eigenvalue weighted by molar-refractivity contribution is 0.0983. The Kier molecular flexibility index (Phi) is 3.37. The number of carbonyl (C=O) groups is 1. The van der Waals surface area contributed by atoms with E-state index in [0.717, 1.165) is 19.5 Å². The van der Waals surface area contributed by atoms with Gasteiger partial charge in [-0.2, -0.15) is 0 Å². The monoisotopic (exact) mass is 206 g/mol. The van der Waals surface area contributed by atoms with Crippen LogP contribution in [-0.4, -0.2) is 41.4 Å². The summed E-state index contributed by atoms with van der Waals surface area (Å²) in [5.74, 6) is -0.00463. The van der Waals surface area contributed by atoms with Gasteiger partial charge in [-0.25, -0.2) is 4.98 Å². The van der Waals surface area contributed by atoms with E-state index < -0.39 is 0 Å². The zero-order valence-corrected chi connectivity index (χ0v) is 8.44. The van der Waals surface area contributed by atoms with Gasteiger partial charge >= 0.3 is 0 Å². The second kappa shape index (κ2) is 4.95. The highest BCUT2D eigenvalue weighted by Crippen LogP contribution is 1.97. The molecule has 0 spiro atoms. The number of rotatable bonds is 4. The Morgan fingerprint density at radius 3 is 3.20 bits per heavy atom. The Morgan fingerprint density at radius 2 is 2.53 bits per heavy atom. The lowest BCUT2D eigenvalue weighted by Gasteiger charge is -2.09. The van der Waals surface area contributed by atoms with Gasteiger partial charge in [-0.05, 0) is 13.0 Å². The molecule has 1 aromatic heterocycles. The zero-order valence-electron chi connectivity index (χ0n) is 8.44. The summed E-state index contributed by atoms with van der Waals surface area (Å²) in [4.78, 5) is 19.4. The van der Waals surface area contributed by atoms with Crippen molar-refractivity contribution in [3.8, 4) is 0 Å². The number of ketones is 1. The van der Waals surface area contributed by atoms with Crippen LogP contribution >= 0.6 is 0 Å². The number of hydrogen-bond donors (Lipinski definition) is 2. The minimum Gasteiger partial charge on any atom is -0.315 e. The Hall–Kier alpha value is -1.33. The van der Waals surface area contributed by atoms with Gasteiger partial charge in [-0.15, -0.1) is 0 Å². The number of nitrogens with zero attached hydrogens (tertiary/aromatic N) is 2. The van der Waals surface area contributed by atoms with Crippen LogP contribution in [0, 0.1) is 0 Å². The molecule has 0 bridgehead atoms. The number of carbonyl (C=O) groups excluding carboxylic acids is 1. The first-order valence-corrected chi connectivity index (χ1v) is 5.09. The van der Waals surface area contributed by atoms with Crippen LogP contribution in [0.25, 0.3) is 0 Å². The van der Waals surface area contributed by atoms with Crippen LogP contribution in [0.5, 0.6) is 0 Å². The van der Waals surface area contributed by atoms with Gasteiger partial charge < -0.3 is 10.6 Å². The van der Waals surface area contributed by atoms with Crippen molar-refractivity contribution in [3.63, 3.8) is 0 Å². The van der Waals surface area contributed by atoms with E-state index in [9.17, 15) is 4.79 Å². The predicted molar refractivity (Wildman–Crippen MR) is 55.6 cm³/mol. The second-order valence-corrected chi connectivity index (χ2v) is 3.58. The van der Waals surface area contributed by atoms with Crippen molar-refractivity contribution in [1.82, 2.24) is 20.6 Å². The molecule has 0 saturated carbocycles. The van der Waals surface area contributed by atoms with Crippen molar-refractivity contribution in [2.75, 3.05) is 19.6 Å². The van der Waals surface area contributed by atoms with Crippen LogP contribution in [0.15, 0.2) is 18.6 Å². The van der Waals surface area contributed by atoms with E-state index in [4.69, 9.17) is 0 Å². The highest BCUT2D eigenvalue weighted by atomic mass is 16.1. The Morgan fingerprint density at radius 1 is 1.60 bits per heavy atom. The van der Waals surface area contributed by atoms with Gasteiger partial charge in [-0.1, -0.05) is 0 Å². The molecule has 0 aliphatic carbocycles. The van der Waals surface area contributed by atoms with E-state index in [1.165, 1.54) is 12.4 Å². The molecule has 2 N–H and O–H groups in total. The molecule has 1 fully saturated rings. The molecule has 15 heavy (non-hydrogen) atoms. The van der Waals surface area contributed by atoms with Crippen molar-refractivity contribution >= 4 is 5.78 Å². The van der Waals surface area contributed by atoms with Gasteiger partial charge in [0.15, 0.2) is 5.78 Å². The third-order valence-corrected chi connectivity index (χ3v) is 2.46. The van der Waals surface area contributed by atoms with Crippen LogP contribution in [0.1, 0.15) is 16.9 Å². The summed E-state index contributed by atoms with van der Waals surface area (Å²) in [7, 11) is 0. The van der Waals surface area contributed by atoms with Crippen molar-refractivity contribution in [2.45, 2.75) is 12.5 Å². The van der Waals surface area contributed by atoms with Crippen LogP contribution in [0.3, 0.4) is 0 Å². The highest BCUT2D eigenvalue weighted by molar-refractivity contribution is 5.95. The molecule has 1 atom stereocenters. The van der Waals surface area contributed by atoms with Crippen LogP contribution in [0.2, 0.25) is 0 Å². The number of hydrogen-bond acceptors (Lipinski definition) is 5. The molecular weight excluding hydrogens is 192 g/mol. The van der Waals surface area contributed by atoms with Gasteiger partial charge in [0.05, 0.1) is 12.7 Å². The van der Waals surface area contributed by atoms with Crippen molar-refractivity contribution in [1.29, 1.82) is 0 Å². The topological polar surface area (TPSA) is 66.9 Å². The summed E-state index contributed by atoms with van der Waals surface area (Å²) >= 11 is 0. The summed E-state index contributed by atoms with van der Waals surface area (Å²) in [6.07, 6.45) is 5.67. The molecule has 5 nitrogen and oxygen atoms in total. The van der Waals surface area contributed by atoms with Crippen molar-refractivity contribution < 1.29 is 4.79 Å². The van der Waals surface area contributed by atoms with Crippen LogP contribution in [-0.2, 0) is 0 Å². The van der Waals surface area contributed by atoms with E-state index in [1.54, 1.807) is 6.20 Å². The maximum absolute atomic E-state index is 11.6. The molecule has 1 saturated heterocycles. The Labute approximate surface area is 88.3 Å². The summed E-state index contributed by atoms with van der Waals surface area (Å²) in [5.41, 5.74) is 0.427.